The second-order valence-electron chi connectivity index (χ2n) is 21.3. The van der Waals surface area contributed by atoms with Gasteiger partial charge in [-0.15, -0.1) is 0 Å². The number of non-ortho nitro benzene ring substituents is 1. The molecule has 0 amide bonds. The largest absolute Gasteiger partial charge is 2.00 e. The van der Waals surface area contributed by atoms with Gasteiger partial charge in [-0.3, -0.25) is 24.2 Å². The summed E-state index contributed by atoms with van der Waals surface area (Å²) in [4.78, 5) is 37.8. The average Bonchev–Trinajstić information content (AvgIpc) is 1.59. The van der Waals surface area contributed by atoms with Crippen LogP contribution in [0.1, 0.15) is 72.2 Å². The van der Waals surface area contributed by atoms with Gasteiger partial charge in [0.25, 0.3) is 5.69 Å². The maximum absolute atomic E-state index is 13.6. The smallest absolute Gasteiger partial charge is 1.00 e. The topological polar surface area (TPSA) is 455 Å². The monoisotopic (exact) mass is 1400 g/mol. The number of hydrogen-bond acceptors (Lipinski definition) is 27. The minimum absolute atomic E-state index is 0. The molecule has 3 fully saturated rings. The Morgan fingerprint density at radius 3 is 1.76 bits per heavy atom. The molecule has 35 heteroatoms. The van der Waals surface area contributed by atoms with E-state index in [-0.39, 0.29) is 101 Å². The van der Waals surface area contributed by atoms with Gasteiger partial charge < -0.3 is 92.6 Å². The molecule has 3 saturated heterocycles. The Bertz CT molecular complexity index is 3790. The third-order valence-electron chi connectivity index (χ3n) is 13.6. The number of carbonyl (C=O) groups is 2. The Labute approximate surface area is 575 Å². The van der Waals surface area contributed by atoms with E-state index in [0.717, 1.165) is 13.2 Å². The number of para-hydroxylation sites is 2. The van der Waals surface area contributed by atoms with Gasteiger partial charge in [-0.25, -0.2) is 23.1 Å². The van der Waals surface area contributed by atoms with E-state index in [0.29, 0.717) is 16.7 Å². The van der Waals surface area contributed by atoms with E-state index < -0.39 is 99.3 Å². The molecule has 3 aliphatic rings. The third kappa shape index (κ3) is 21.0. The molecule has 0 radical (unpaired) electrons. The first kappa shape index (κ1) is 80.8. The first-order valence-electron chi connectivity index (χ1n) is 29.4. The number of aliphatic hydroxyl groups is 5. The number of nitro benzene ring substituents is 1. The van der Waals surface area contributed by atoms with Gasteiger partial charge in [-0.1, -0.05) is 36.4 Å². The van der Waals surface area contributed by atoms with Crippen LogP contribution in [-0.2, 0) is 58.1 Å². The van der Waals surface area contributed by atoms with Crippen LogP contribution >= 0.6 is 15.3 Å². The van der Waals surface area contributed by atoms with Crippen molar-refractivity contribution in [1.82, 2.24) is 29.3 Å². The molecule has 2 unspecified atom stereocenters. The average molecular weight is 1410 g/mol. The van der Waals surface area contributed by atoms with Crippen molar-refractivity contribution in [3.63, 3.8) is 0 Å². The Kier molecular flexibility index (Phi) is 31.8. The molecule has 3 aromatic carbocycles. The number of anilines is 2. The molecule has 7 heterocycles. The predicted molar refractivity (Wildman–Crippen MR) is 343 cm³/mol. The zero-order valence-corrected chi connectivity index (χ0v) is 57.3. The van der Waals surface area contributed by atoms with Crippen molar-refractivity contribution in [2.24, 2.45) is 0 Å². The summed E-state index contributed by atoms with van der Waals surface area (Å²) in [6.45, 7) is 12.3. The van der Waals surface area contributed by atoms with Crippen LogP contribution in [0, 0.1) is 38.7 Å². The molecular formula is C61H76ClMgN11O20P2. The predicted octanol–water partition coefficient (Wildman–Crippen LogP) is 2.88. The number of nitrogens with two attached hydrogens (primary N) is 2. The number of aliphatic hydroxyl groups excluding tert-OH is 5. The molecular weight excluding hydrogens is 1330 g/mol. The fraction of sp³-hybridized carbons (Fsp3) is 0.410. The van der Waals surface area contributed by atoms with Crippen LogP contribution < -0.4 is 42.5 Å². The third-order valence-corrected chi connectivity index (χ3v) is 17.0. The standard InChI is InChI=1S/C23H26N5O8P.C17H19N2O7P.C13H14N4O4.C4H8O.C4H9.ClH.Mg/c1-2-33-19(29)10-11-37(32,36-15-6-4-3-5-7-15)34-12-17-20(30)21(31)23(13-24,35-17)18-9-8-16-22(25)26-14-27-28(16)18;1-3-24-17(20)13(2)18-27(23,25-15-7-5-4-6-8-15)26-16-11-9-14(10-12-16)19(21)22;14-6-13(12(20)11(19)9(5-18)21-13)10-2-1-8-7(15)3-4-16-17(8)10;1-2-4-5-3-1;1-4(2)3;;/h3-9,14,17,20-21,30-31H,2,10-12H2,1H3,(H2,25,26,27);4-13H,3H2,1-2H3,(H,18,23);1-4,9,11-12,18-20H,5,15H2;1-4H2;1-3H3;1H;/q;;;;-1;;+2/p-1/t17-,20-,21-,23+,37?;13-,27?;9-,11-,12-,13+;;;;/m101..../s1. The summed E-state index contributed by atoms with van der Waals surface area (Å²) in [5, 5.41) is 91.9. The van der Waals surface area contributed by atoms with Crippen molar-refractivity contribution in [2.75, 3.05) is 57.3 Å². The number of rotatable bonds is 21. The summed E-state index contributed by atoms with van der Waals surface area (Å²) in [5.41, 5.74) is 9.42. The molecule has 10 rings (SSSR count). The molecule has 4 aromatic heterocycles. The Morgan fingerprint density at radius 1 is 0.771 bits per heavy atom. The first-order chi connectivity index (χ1) is 44.8. The molecule has 514 valence electrons. The van der Waals surface area contributed by atoms with Crippen LogP contribution in [0.25, 0.3) is 11.0 Å². The van der Waals surface area contributed by atoms with Crippen LogP contribution in [0.3, 0.4) is 0 Å². The number of esters is 2. The molecule has 7 aromatic rings. The second kappa shape index (κ2) is 37.8. The van der Waals surface area contributed by atoms with Gasteiger partial charge in [0.2, 0.25) is 11.2 Å². The second-order valence-corrected chi connectivity index (χ2v) is 25.0. The van der Waals surface area contributed by atoms with E-state index in [1.54, 1.807) is 98.8 Å². The number of benzene rings is 3. The van der Waals surface area contributed by atoms with Crippen molar-refractivity contribution in [2.45, 2.75) is 115 Å². The summed E-state index contributed by atoms with van der Waals surface area (Å²) in [7, 11) is -8.03. The molecule has 3 aliphatic heterocycles. The Balaban J connectivity index is 0.000000293. The zero-order valence-electron chi connectivity index (χ0n) is 53.3. The number of nitrogens with one attached hydrogen (secondary N) is 1. The van der Waals surface area contributed by atoms with E-state index in [2.05, 4.69) is 41.0 Å². The molecule has 96 heavy (non-hydrogen) atoms. The number of ether oxygens (including phenoxy) is 5. The number of nitriles is 2. The van der Waals surface area contributed by atoms with Gasteiger partial charge in [-0.2, -0.15) is 46.6 Å². The van der Waals surface area contributed by atoms with Crippen LogP contribution in [0.4, 0.5) is 17.2 Å². The normalized spacial score (nSPS) is 22.2. The number of halogens is 1. The number of carbonyl (C=O) groups excluding carboxylic acids is 2. The summed E-state index contributed by atoms with van der Waals surface area (Å²) in [6, 6.07) is 32.1. The quantitative estimate of drug-likeness (QED) is 0.0128. The number of hydrogen-bond donors (Lipinski definition) is 8. The van der Waals surface area contributed by atoms with Crippen LogP contribution in [0.15, 0.2) is 128 Å². The van der Waals surface area contributed by atoms with Gasteiger partial charge in [0.15, 0.2) is 5.82 Å². The molecule has 0 spiro atoms. The van der Waals surface area contributed by atoms with Crippen LogP contribution in [0.5, 0.6) is 17.2 Å². The van der Waals surface area contributed by atoms with E-state index >= 15 is 0 Å². The van der Waals surface area contributed by atoms with E-state index in [9.17, 15) is 64.9 Å². The van der Waals surface area contributed by atoms with E-state index in [4.69, 9.17) is 53.2 Å². The minimum Gasteiger partial charge on any atom is -1.00 e. The molecule has 0 bridgehead atoms. The number of nitro groups is 1. The minimum atomic E-state index is -4.06. The summed E-state index contributed by atoms with van der Waals surface area (Å²) < 4.78 is 77.5. The number of nitrogen functional groups attached to an aromatic ring is 2. The van der Waals surface area contributed by atoms with E-state index in [1.807, 2.05) is 12.1 Å². The van der Waals surface area contributed by atoms with Gasteiger partial charge >= 0.3 is 50.3 Å². The SMILES string of the molecule is C1CCOC1.CCOC(=O)CCP(=O)(OC[C@H]1O[C@@](C#N)(c2ccc3c(N)ncnn23)[C@H](O)[C@@H]1O)Oc1ccccc1.CCOC(=O)[C@H](C)NP(=O)(Oc1ccccc1)Oc1ccc([N+](=O)[O-])cc1.C[C-](C)C.N#C[C@@]1(c2ccc3c(N)ccnn23)O[C@H](CO)[C@@H](O)[C@H]1O.[Cl-].[Mg+2]. The first-order valence-corrected chi connectivity index (χ1v) is 32.6. The summed E-state index contributed by atoms with van der Waals surface area (Å²) in [6.07, 6.45) is -3.89. The number of nitrogens with zero attached hydrogens (tertiary/aromatic N) is 8. The van der Waals surface area contributed by atoms with Crippen molar-refractivity contribution in [3.05, 3.63) is 155 Å². The maximum Gasteiger partial charge on any atom is 2.00 e. The van der Waals surface area contributed by atoms with Gasteiger partial charge in [0, 0.05) is 31.5 Å². The molecule has 11 atom stereocenters. The van der Waals surface area contributed by atoms with Crippen molar-refractivity contribution in [3.8, 4) is 29.4 Å². The molecule has 31 nitrogen and oxygen atoms in total. The molecule has 10 N–H and O–H groups in total. The van der Waals surface area contributed by atoms with Crippen molar-refractivity contribution in [1.29, 1.82) is 10.5 Å². The van der Waals surface area contributed by atoms with Crippen molar-refractivity contribution >= 4 is 78.6 Å². The molecule has 0 aliphatic carbocycles. The van der Waals surface area contributed by atoms with Gasteiger partial charge in [0.1, 0.15) is 83.9 Å². The Morgan fingerprint density at radius 2 is 1.27 bits per heavy atom. The number of aromatic nitrogens is 5. The van der Waals surface area contributed by atoms with Crippen molar-refractivity contribution < 1.29 is 103 Å². The van der Waals surface area contributed by atoms with Gasteiger partial charge in [-0.05, 0) is 100 Å². The van der Waals surface area contributed by atoms with E-state index in [1.165, 1.54) is 77.6 Å². The number of fused-ring (bicyclic) bond motifs is 2. The Hall–Kier alpha value is -7.59. The summed E-state index contributed by atoms with van der Waals surface area (Å²) >= 11 is 0. The zero-order chi connectivity index (χ0) is 68.8. The fourth-order valence-electron chi connectivity index (χ4n) is 9.15. The fourth-order valence-corrected chi connectivity index (χ4v) is 12.2. The summed E-state index contributed by atoms with van der Waals surface area (Å²) in [5.74, 6) is 0.922. The van der Waals surface area contributed by atoms with Crippen LogP contribution in [0.2, 0.25) is 0 Å². The van der Waals surface area contributed by atoms with Gasteiger partial charge in [0.05, 0.1) is 66.5 Å². The maximum atomic E-state index is 13.6. The van der Waals surface area contributed by atoms with Crippen LogP contribution in [-0.4, -0.2) is 178 Å². The molecule has 0 saturated carbocycles.